The quantitative estimate of drug-likeness (QED) is 0.323. The van der Waals surface area contributed by atoms with E-state index in [9.17, 15) is 14.4 Å². The van der Waals surface area contributed by atoms with Crippen LogP contribution in [0, 0.1) is 19.3 Å². The highest BCUT2D eigenvalue weighted by molar-refractivity contribution is 5.95. The molecule has 0 aliphatic heterocycles. The van der Waals surface area contributed by atoms with Gasteiger partial charge >= 0.3 is 12.1 Å². The normalized spacial score (nSPS) is 12.3. The Morgan fingerprint density at radius 2 is 1.50 bits per heavy atom. The summed E-state index contributed by atoms with van der Waals surface area (Å²) >= 11 is 0. The fourth-order valence-electron chi connectivity index (χ4n) is 3.44. The van der Waals surface area contributed by atoms with Crippen molar-refractivity contribution in [2.75, 3.05) is 17.2 Å². The van der Waals surface area contributed by atoms with Crippen molar-refractivity contribution in [2.24, 2.45) is 5.41 Å². The van der Waals surface area contributed by atoms with Gasteiger partial charge in [-0.05, 0) is 75.3 Å². The number of esters is 1. The molecule has 0 radical (unpaired) electrons. The van der Waals surface area contributed by atoms with E-state index in [-0.39, 0.29) is 30.8 Å². The minimum Gasteiger partial charge on any atom is -0.459 e. The van der Waals surface area contributed by atoms with E-state index in [2.05, 4.69) is 36.7 Å². The maximum Gasteiger partial charge on any atom is 0.408 e. The molecule has 0 aromatic heterocycles. The van der Waals surface area contributed by atoms with Gasteiger partial charge < -0.3 is 25.4 Å². The van der Waals surface area contributed by atoms with Gasteiger partial charge in [0.15, 0.2) is 0 Å². The van der Waals surface area contributed by atoms with Crippen LogP contribution in [0.2, 0.25) is 0 Å². The SMILES string of the molecule is Cc1cc(NCC(C)(C)C)c(NC(=O)CC[C@H](NC(=O)OC(C)(C)C)C(=O)OCc2ccccc2)cc1C. The molecule has 0 aliphatic rings. The Labute approximate surface area is 226 Å². The van der Waals surface area contributed by atoms with Crippen LogP contribution in [-0.4, -0.2) is 36.2 Å². The summed E-state index contributed by atoms with van der Waals surface area (Å²) in [5, 5.41) is 8.95. The van der Waals surface area contributed by atoms with Crippen LogP contribution < -0.4 is 16.0 Å². The fraction of sp³-hybridized carbons (Fsp3) is 0.500. The number of amides is 2. The third-order valence-corrected chi connectivity index (χ3v) is 5.58. The van der Waals surface area contributed by atoms with Gasteiger partial charge in [-0.25, -0.2) is 9.59 Å². The Bertz CT molecular complexity index is 1100. The van der Waals surface area contributed by atoms with Gasteiger partial charge in [0.2, 0.25) is 5.91 Å². The zero-order chi connectivity index (χ0) is 28.5. The average Bonchev–Trinajstić information content (AvgIpc) is 2.80. The predicted octanol–water partition coefficient (Wildman–Crippen LogP) is 6.12. The van der Waals surface area contributed by atoms with E-state index in [1.165, 1.54) is 0 Å². The lowest BCUT2D eigenvalue weighted by atomic mass is 9.96. The van der Waals surface area contributed by atoms with E-state index in [1.54, 1.807) is 20.8 Å². The lowest BCUT2D eigenvalue weighted by molar-refractivity contribution is -0.147. The molecule has 2 aromatic carbocycles. The molecule has 0 aliphatic carbocycles. The summed E-state index contributed by atoms with van der Waals surface area (Å²) < 4.78 is 10.7. The summed E-state index contributed by atoms with van der Waals surface area (Å²) in [7, 11) is 0. The highest BCUT2D eigenvalue weighted by atomic mass is 16.6. The van der Waals surface area contributed by atoms with Crippen molar-refractivity contribution in [2.45, 2.75) is 86.5 Å². The molecule has 208 valence electrons. The summed E-state index contributed by atoms with van der Waals surface area (Å²) in [6, 6.07) is 12.2. The van der Waals surface area contributed by atoms with Crippen molar-refractivity contribution in [1.82, 2.24) is 5.32 Å². The van der Waals surface area contributed by atoms with Gasteiger partial charge in [-0.2, -0.15) is 0 Å². The molecular weight excluding hydrogens is 482 g/mol. The molecule has 0 saturated carbocycles. The minimum atomic E-state index is -1.04. The number of rotatable bonds is 10. The summed E-state index contributed by atoms with van der Waals surface area (Å²) in [4.78, 5) is 38.2. The second kappa shape index (κ2) is 13.3. The number of benzene rings is 2. The van der Waals surface area contributed by atoms with E-state index in [0.29, 0.717) is 5.69 Å². The number of hydrogen-bond donors (Lipinski definition) is 3. The van der Waals surface area contributed by atoms with Gasteiger partial charge in [0.25, 0.3) is 0 Å². The van der Waals surface area contributed by atoms with Crippen LogP contribution >= 0.6 is 0 Å². The molecule has 2 rings (SSSR count). The molecule has 8 nitrogen and oxygen atoms in total. The molecule has 2 aromatic rings. The maximum absolute atomic E-state index is 12.9. The first-order valence-corrected chi connectivity index (χ1v) is 13.0. The topological polar surface area (TPSA) is 106 Å². The van der Waals surface area contributed by atoms with Crippen molar-refractivity contribution in [1.29, 1.82) is 0 Å². The number of carbonyl (C=O) groups excluding carboxylic acids is 3. The second-order valence-corrected chi connectivity index (χ2v) is 11.8. The predicted molar refractivity (Wildman–Crippen MR) is 151 cm³/mol. The molecule has 8 heteroatoms. The van der Waals surface area contributed by atoms with Gasteiger partial charge in [-0.15, -0.1) is 0 Å². The summed E-state index contributed by atoms with van der Waals surface area (Å²) in [5.74, 6) is -0.912. The number of nitrogens with one attached hydrogen (secondary N) is 3. The Hall–Kier alpha value is -3.55. The average molecular weight is 526 g/mol. The first-order chi connectivity index (χ1) is 17.6. The zero-order valence-corrected chi connectivity index (χ0v) is 24.0. The van der Waals surface area contributed by atoms with Crippen LogP contribution in [-0.2, 0) is 25.7 Å². The Morgan fingerprint density at radius 3 is 2.08 bits per heavy atom. The molecule has 0 fully saturated rings. The largest absolute Gasteiger partial charge is 0.459 e. The van der Waals surface area contributed by atoms with Crippen molar-refractivity contribution in [3.8, 4) is 0 Å². The highest BCUT2D eigenvalue weighted by Gasteiger charge is 2.26. The fourth-order valence-corrected chi connectivity index (χ4v) is 3.44. The van der Waals surface area contributed by atoms with Crippen LogP contribution in [0.1, 0.15) is 71.1 Å². The van der Waals surface area contributed by atoms with Crippen LogP contribution in [0.25, 0.3) is 0 Å². The van der Waals surface area contributed by atoms with Gasteiger partial charge in [-0.1, -0.05) is 51.1 Å². The highest BCUT2D eigenvalue weighted by Crippen LogP contribution is 2.28. The molecule has 0 unspecified atom stereocenters. The third-order valence-electron chi connectivity index (χ3n) is 5.58. The molecule has 2 amide bonds. The minimum absolute atomic E-state index is 0.00740. The van der Waals surface area contributed by atoms with Crippen molar-refractivity contribution in [3.05, 3.63) is 59.2 Å². The molecule has 0 spiro atoms. The number of anilines is 2. The molecule has 0 heterocycles. The number of ether oxygens (including phenoxy) is 2. The van der Waals surface area contributed by atoms with Gasteiger partial charge in [0.1, 0.15) is 18.2 Å². The van der Waals surface area contributed by atoms with Crippen LogP contribution in [0.3, 0.4) is 0 Å². The smallest absolute Gasteiger partial charge is 0.408 e. The lowest BCUT2D eigenvalue weighted by Crippen LogP contribution is -2.44. The van der Waals surface area contributed by atoms with E-state index in [1.807, 2.05) is 56.3 Å². The molecule has 0 saturated heterocycles. The first kappa shape index (κ1) is 30.7. The van der Waals surface area contributed by atoms with Crippen molar-refractivity contribution < 1.29 is 23.9 Å². The summed E-state index contributed by atoms with van der Waals surface area (Å²) in [6.45, 7) is 16.4. The van der Waals surface area contributed by atoms with Gasteiger partial charge in [0.05, 0.1) is 11.4 Å². The molecular formula is C30H43N3O5. The number of carbonyl (C=O) groups is 3. The molecule has 3 N–H and O–H groups in total. The Balaban J connectivity index is 2.09. The van der Waals surface area contributed by atoms with E-state index < -0.39 is 23.7 Å². The van der Waals surface area contributed by atoms with Crippen molar-refractivity contribution in [3.63, 3.8) is 0 Å². The third kappa shape index (κ3) is 11.2. The first-order valence-electron chi connectivity index (χ1n) is 13.0. The standard InChI is InChI=1S/C30H43N3O5/c1-20-16-24(31-19-29(3,4)5)25(17-21(20)2)32-26(34)15-14-23(33-28(36)38-30(6,7)8)27(35)37-18-22-12-10-9-11-13-22/h9-13,16-17,23,31H,14-15,18-19H2,1-8H3,(H,32,34)(H,33,36)/t23-/m0/s1. The number of alkyl carbamates (subject to hydrolysis) is 1. The lowest BCUT2D eigenvalue weighted by Gasteiger charge is -2.23. The Kier molecular flexibility index (Phi) is 10.7. The van der Waals surface area contributed by atoms with Gasteiger partial charge in [0, 0.05) is 13.0 Å². The molecule has 0 bridgehead atoms. The summed E-state index contributed by atoms with van der Waals surface area (Å²) in [5.41, 5.74) is 3.81. The van der Waals surface area contributed by atoms with E-state index in [0.717, 1.165) is 28.9 Å². The zero-order valence-electron chi connectivity index (χ0n) is 24.0. The van der Waals surface area contributed by atoms with Gasteiger partial charge in [-0.3, -0.25) is 4.79 Å². The van der Waals surface area contributed by atoms with E-state index in [4.69, 9.17) is 9.47 Å². The second-order valence-electron chi connectivity index (χ2n) is 11.8. The number of hydrogen-bond acceptors (Lipinski definition) is 6. The molecule has 1 atom stereocenters. The van der Waals surface area contributed by atoms with E-state index >= 15 is 0 Å². The van der Waals surface area contributed by atoms with Crippen LogP contribution in [0.4, 0.5) is 16.2 Å². The van der Waals surface area contributed by atoms with Crippen molar-refractivity contribution >= 4 is 29.3 Å². The van der Waals surface area contributed by atoms with Crippen LogP contribution in [0.15, 0.2) is 42.5 Å². The number of aryl methyl sites for hydroxylation is 2. The molecule has 38 heavy (non-hydrogen) atoms. The Morgan fingerprint density at radius 1 is 0.895 bits per heavy atom. The summed E-state index contributed by atoms with van der Waals surface area (Å²) in [6.07, 6.45) is -0.705. The maximum atomic E-state index is 12.9. The van der Waals surface area contributed by atoms with Crippen LogP contribution in [0.5, 0.6) is 0 Å². The monoisotopic (exact) mass is 525 g/mol.